The van der Waals surface area contributed by atoms with Crippen LogP contribution in [0.3, 0.4) is 0 Å². The van der Waals surface area contributed by atoms with Gasteiger partial charge in [0.15, 0.2) is 0 Å². The molecule has 0 radical (unpaired) electrons. The highest BCUT2D eigenvalue weighted by atomic mass is 16.7. The van der Waals surface area contributed by atoms with Crippen LogP contribution in [0.25, 0.3) is 0 Å². The summed E-state index contributed by atoms with van der Waals surface area (Å²) in [5.74, 6) is -3.42. The molecule has 3 unspecified atom stereocenters. The Morgan fingerprint density at radius 2 is 2.19 bits per heavy atom. The molecule has 92 valence electrons. The molecule has 1 aliphatic rings. The minimum atomic E-state index is -2.14. The number of amides is 1. The van der Waals surface area contributed by atoms with Crippen LogP contribution < -0.4 is 5.32 Å². The standard InChI is InChI=1S/C9H15NO6/c1-5(11)10-6-4-16-9(14,3-7(6)12)8(13)15-2/h6-7,12,14H,3-4H2,1-2H3,(H,10,11). The number of carbonyl (C=O) groups is 2. The van der Waals surface area contributed by atoms with Crippen molar-refractivity contribution in [1.82, 2.24) is 5.32 Å². The van der Waals surface area contributed by atoms with Gasteiger partial charge in [0.1, 0.15) is 0 Å². The van der Waals surface area contributed by atoms with Crippen molar-refractivity contribution in [2.75, 3.05) is 13.7 Å². The second-order valence-corrected chi connectivity index (χ2v) is 3.67. The minimum absolute atomic E-state index is 0.160. The van der Waals surface area contributed by atoms with Crippen LogP contribution in [-0.2, 0) is 19.1 Å². The second kappa shape index (κ2) is 4.77. The largest absolute Gasteiger partial charge is 0.465 e. The van der Waals surface area contributed by atoms with Gasteiger partial charge in [-0.2, -0.15) is 0 Å². The first-order valence-electron chi connectivity index (χ1n) is 4.79. The summed E-state index contributed by atoms with van der Waals surface area (Å²) in [6.07, 6.45) is -1.41. The second-order valence-electron chi connectivity index (χ2n) is 3.67. The zero-order valence-corrected chi connectivity index (χ0v) is 9.10. The van der Waals surface area contributed by atoms with E-state index >= 15 is 0 Å². The third kappa shape index (κ3) is 2.69. The summed E-state index contributed by atoms with van der Waals surface area (Å²) in [6, 6.07) is -0.637. The van der Waals surface area contributed by atoms with E-state index in [0.29, 0.717) is 0 Å². The van der Waals surface area contributed by atoms with Gasteiger partial charge in [-0.25, -0.2) is 4.79 Å². The number of carbonyl (C=O) groups excluding carboxylic acids is 2. The van der Waals surface area contributed by atoms with E-state index in [-0.39, 0.29) is 18.9 Å². The summed E-state index contributed by atoms with van der Waals surface area (Å²) in [4.78, 5) is 21.9. The lowest BCUT2D eigenvalue weighted by molar-refractivity contribution is -0.255. The number of rotatable bonds is 2. The van der Waals surface area contributed by atoms with Crippen molar-refractivity contribution in [2.45, 2.75) is 31.3 Å². The van der Waals surface area contributed by atoms with Crippen molar-refractivity contribution in [1.29, 1.82) is 0 Å². The van der Waals surface area contributed by atoms with Crippen LogP contribution in [0.2, 0.25) is 0 Å². The first-order chi connectivity index (χ1) is 7.39. The van der Waals surface area contributed by atoms with Gasteiger partial charge in [-0.05, 0) is 0 Å². The Kier molecular flexibility index (Phi) is 3.84. The average molecular weight is 233 g/mol. The third-order valence-corrected chi connectivity index (χ3v) is 2.34. The van der Waals surface area contributed by atoms with Gasteiger partial charge in [0, 0.05) is 13.3 Å². The van der Waals surface area contributed by atoms with Crippen LogP contribution in [0.1, 0.15) is 13.3 Å². The smallest absolute Gasteiger partial charge is 0.366 e. The van der Waals surface area contributed by atoms with Gasteiger partial charge < -0.3 is 25.0 Å². The summed E-state index contributed by atoms with van der Waals surface area (Å²) in [6.45, 7) is 1.14. The molecule has 7 nitrogen and oxygen atoms in total. The van der Waals surface area contributed by atoms with E-state index in [1.165, 1.54) is 6.92 Å². The van der Waals surface area contributed by atoms with Crippen molar-refractivity contribution in [3.8, 4) is 0 Å². The molecule has 1 rings (SSSR count). The zero-order chi connectivity index (χ0) is 12.3. The number of hydrogen-bond acceptors (Lipinski definition) is 6. The van der Waals surface area contributed by atoms with Gasteiger partial charge in [0.25, 0.3) is 5.79 Å². The maximum absolute atomic E-state index is 11.2. The molecule has 0 aromatic heterocycles. The Balaban J connectivity index is 2.63. The molecule has 0 bridgehead atoms. The monoisotopic (exact) mass is 233 g/mol. The number of nitrogens with one attached hydrogen (secondary N) is 1. The summed E-state index contributed by atoms with van der Waals surface area (Å²) < 4.78 is 9.25. The first-order valence-corrected chi connectivity index (χ1v) is 4.79. The molecule has 0 aromatic rings. The molecule has 1 saturated heterocycles. The molecule has 0 aliphatic carbocycles. The molecular formula is C9H15NO6. The normalized spacial score (nSPS) is 34.2. The molecule has 16 heavy (non-hydrogen) atoms. The third-order valence-electron chi connectivity index (χ3n) is 2.34. The molecule has 3 atom stereocenters. The van der Waals surface area contributed by atoms with Gasteiger partial charge in [-0.1, -0.05) is 0 Å². The molecule has 1 fully saturated rings. The Labute approximate surface area is 92.3 Å². The van der Waals surface area contributed by atoms with E-state index in [9.17, 15) is 19.8 Å². The molecule has 0 saturated carbocycles. The zero-order valence-electron chi connectivity index (χ0n) is 9.10. The highest BCUT2D eigenvalue weighted by Crippen LogP contribution is 2.24. The quantitative estimate of drug-likeness (QED) is 0.483. The van der Waals surface area contributed by atoms with Crippen LogP contribution in [0.4, 0.5) is 0 Å². The topological polar surface area (TPSA) is 105 Å². The Morgan fingerprint density at radius 1 is 1.56 bits per heavy atom. The molecule has 7 heteroatoms. The van der Waals surface area contributed by atoms with E-state index < -0.39 is 23.9 Å². The molecule has 1 amide bonds. The maximum Gasteiger partial charge on any atom is 0.366 e. The summed E-state index contributed by atoms with van der Waals surface area (Å²) in [5.41, 5.74) is 0. The van der Waals surface area contributed by atoms with Crippen LogP contribution in [0, 0.1) is 0 Å². The highest BCUT2D eigenvalue weighted by Gasteiger charge is 2.47. The van der Waals surface area contributed by atoms with Gasteiger partial charge in [0.2, 0.25) is 5.91 Å². The lowest BCUT2D eigenvalue weighted by Crippen LogP contribution is -2.58. The number of aliphatic hydroxyl groups excluding tert-OH is 1. The van der Waals surface area contributed by atoms with Crippen molar-refractivity contribution >= 4 is 11.9 Å². The fourth-order valence-corrected chi connectivity index (χ4v) is 1.52. The van der Waals surface area contributed by atoms with Crippen LogP contribution in [-0.4, -0.2) is 53.7 Å². The van der Waals surface area contributed by atoms with Gasteiger partial charge in [0.05, 0.1) is 25.9 Å². The summed E-state index contributed by atoms with van der Waals surface area (Å²) in [7, 11) is 1.11. The van der Waals surface area contributed by atoms with Crippen molar-refractivity contribution in [3.05, 3.63) is 0 Å². The maximum atomic E-state index is 11.2. The van der Waals surface area contributed by atoms with Gasteiger partial charge >= 0.3 is 5.97 Å². The lowest BCUT2D eigenvalue weighted by atomic mass is 9.98. The molecule has 1 aliphatic heterocycles. The predicted octanol–water partition coefficient (Wildman–Crippen LogP) is -1.87. The number of methoxy groups -OCH3 is 1. The lowest BCUT2D eigenvalue weighted by Gasteiger charge is -2.37. The predicted molar refractivity (Wildman–Crippen MR) is 51.1 cm³/mol. The molecule has 0 spiro atoms. The van der Waals surface area contributed by atoms with Crippen molar-refractivity contribution in [3.63, 3.8) is 0 Å². The Bertz CT molecular complexity index is 294. The Morgan fingerprint density at radius 3 is 2.62 bits per heavy atom. The highest BCUT2D eigenvalue weighted by molar-refractivity contribution is 5.77. The summed E-state index contributed by atoms with van der Waals surface area (Å²) in [5, 5.41) is 21.8. The number of hydrogen-bond donors (Lipinski definition) is 3. The Hall–Kier alpha value is -1.18. The number of esters is 1. The number of aliphatic hydroxyl groups is 2. The fraction of sp³-hybridized carbons (Fsp3) is 0.778. The number of ether oxygens (including phenoxy) is 2. The van der Waals surface area contributed by atoms with Crippen molar-refractivity contribution < 1.29 is 29.3 Å². The van der Waals surface area contributed by atoms with E-state index in [0.717, 1.165) is 7.11 Å². The van der Waals surface area contributed by atoms with E-state index in [1.807, 2.05) is 0 Å². The van der Waals surface area contributed by atoms with Gasteiger partial charge in [-0.3, -0.25) is 4.79 Å². The van der Waals surface area contributed by atoms with E-state index in [4.69, 9.17) is 4.74 Å². The SMILES string of the molecule is COC(=O)C1(O)CC(O)C(NC(C)=O)CO1. The first kappa shape index (κ1) is 12.9. The van der Waals surface area contributed by atoms with Gasteiger partial charge in [-0.15, -0.1) is 0 Å². The average Bonchev–Trinajstić information content (AvgIpc) is 2.21. The summed E-state index contributed by atoms with van der Waals surface area (Å²) >= 11 is 0. The minimum Gasteiger partial charge on any atom is -0.465 e. The van der Waals surface area contributed by atoms with Crippen molar-refractivity contribution in [2.24, 2.45) is 0 Å². The van der Waals surface area contributed by atoms with E-state index in [1.54, 1.807) is 0 Å². The van der Waals surface area contributed by atoms with E-state index in [2.05, 4.69) is 10.1 Å². The van der Waals surface area contributed by atoms with Crippen LogP contribution in [0.15, 0.2) is 0 Å². The fourth-order valence-electron chi connectivity index (χ4n) is 1.52. The molecule has 0 aromatic carbocycles. The molecule has 3 N–H and O–H groups in total. The van der Waals surface area contributed by atoms with Crippen LogP contribution in [0.5, 0.6) is 0 Å². The molecule has 1 heterocycles. The van der Waals surface area contributed by atoms with Crippen LogP contribution >= 0.6 is 0 Å². The molecular weight excluding hydrogens is 218 g/mol.